The number of halogens is 2. The monoisotopic (exact) mass is 267 g/mol. The van der Waals surface area contributed by atoms with E-state index in [0.29, 0.717) is 0 Å². The maximum Gasteiger partial charge on any atom is 0.246 e. The molecule has 0 radical (unpaired) electrons. The molecule has 0 aromatic heterocycles. The van der Waals surface area contributed by atoms with Crippen molar-refractivity contribution in [1.29, 1.82) is 0 Å². The van der Waals surface area contributed by atoms with Gasteiger partial charge in [-0.2, -0.15) is 0 Å². The fraction of sp³-hybridized carbons (Fsp3) is 0.357. The normalized spacial score (nSPS) is 16.2. The van der Waals surface area contributed by atoms with Crippen LogP contribution in [0, 0.1) is 5.82 Å². The highest BCUT2D eigenvalue weighted by molar-refractivity contribution is 6.30. The molecule has 0 aliphatic carbocycles. The summed E-state index contributed by atoms with van der Waals surface area (Å²) in [6.07, 6.45) is 6.53. The molecule has 1 amide bonds. The molecule has 1 aliphatic rings. The van der Waals surface area contributed by atoms with Crippen LogP contribution < -0.4 is 0 Å². The Hall–Kier alpha value is -1.35. The van der Waals surface area contributed by atoms with Crippen molar-refractivity contribution in [2.75, 3.05) is 13.1 Å². The number of hydrogen-bond donors (Lipinski definition) is 0. The molecule has 0 saturated carbocycles. The molecule has 0 N–H and O–H groups in total. The third-order valence-electron chi connectivity index (χ3n) is 3.03. The van der Waals surface area contributed by atoms with Crippen molar-refractivity contribution in [3.8, 4) is 0 Å². The van der Waals surface area contributed by atoms with Gasteiger partial charge in [-0.1, -0.05) is 17.7 Å². The second kappa shape index (κ2) is 6.01. The van der Waals surface area contributed by atoms with E-state index in [1.165, 1.54) is 24.6 Å². The molecule has 96 valence electrons. The Morgan fingerprint density at radius 1 is 1.28 bits per heavy atom. The van der Waals surface area contributed by atoms with E-state index in [1.54, 1.807) is 12.1 Å². The van der Waals surface area contributed by atoms with Crippen LogP contribution in [0.25, 0.3) is 6.08 Å². The molecule has 0 atom stereocenters. The van der Waals surface area contributed by atoms with E-state index < -0.39 is 5.82 Å². The maximum atomic E-state index is 13.0. The summed E-state index contributed by atoms with van der Waals surface area (Å²) >= 11 is 5.67. The van der Waals surface area contributed by atoms with Gasteiger partial charge in [0.15, 0.2) is 0 Å². The van der Waals surface area contributed by atoms with E-state index in [4.69, 9.17) is 11.6 Å². The highest BCUT2D eigenvalue weighted by atomic mass is 35.5. The summed E-state index contributed by atoms with van der Waals surface area (Å²) in [5, 5.41) is 0.0718. The van der Waals surface area contributed by atoms with Crippen LogP contribution in [0.4, 0.5) is 4.39 Å². The van der Waals surface area contributed by atoms with Crippen molar-refractivity contribution in [1.82, 2.24) is 4.90 Å². The Labute approximate surface area is 111 Å². The van der Waals surface area contributed by atoms with Crippen LogP contribution in [0.1, 0.15) is 24.8 Å². The lowest BCUT2D eigenvalue weighted by Crippen LogP contribution is -2.34. The highest BCUT2D eigenvalue weighted by Gasteiger charge is 2.13. The van der Waals surface area contributed by atoms with Crippen molar-refractivity contribution < 1.29 is 9.18 Å². The molecule has 0 bridgehead atoms. The van der Waals surface area contributed by atoms with Gasteiger partial charge in [0.25, 0.3) is 0 Å². The lowest BCUT2D eigenvalue weighted by atomic mass is 10.1. The molecule has 0 unspecified atom stereocenters. The fourth-order valence-corrected chi connectivity index (χ4v) is 2.19. The topological polar surface area (TPSA) is 20.3 Å². The van der Waals surface area contributed by atoms with Crippen LogP contribution in [0.15, 0.2) is 24.3 Å². The number of carbonyl (C=O) groups excluding carboxylic acids is 1. The van der Waals surface area contributed by atoms with Crippen molar-refractivity contribution >= 4 is 23.6 Å². The summed E-state index contributed by atoms with van der Waals surface area (Å²) in [6.45, 7) is 1.65. The van der Waals surface area contributed by atoms with Gasteiger partial charge < -0.3 is 4.90 Å². The molecule has 2 rings (SSSR count). The van der Waals surface area contributed by atoms with E-state index in [1.807, 2.05) is 4.90 Å². The third-order valence-corrected chi connectivity index (χ3v) is 3.32. The molecule has 1 saturated heterocycles. The number of piperidine rings is 1. The van der Waals surface area contributed by atoms with E-state index in [0.717, 1.165) is 31.5 Å². The first kappa shape index (κ1) is 13.1. The average molecular weight is 268 g/mol. The van der Waals surface area contributed by atoms with Gasteiger partial charge in [-0.3, -0.25) is 4.79 Å². The summed E-state index contributed by atoms with van der Waals surface area (Å²) in [5.41, 5.74) is 0.728. The lowest BCUT2D eigenvalue weighted by Gasteiger charge is -2.25. The van der Waals surface area contributed by atoms with Gasteiger partial charge in [0.05, 0.1) is 5.02 Å². The second-order valence-corrected chi connectivity index (χ2v) is 4.80. The molecular weight excluding hydrogens is 253 g/mol. The van der Waals surface area contributed by atoms with Crippen LogP contribution >= 0.6 is 11.6 Å². The Kier molecular flexibility index (Phi) is 4.37. The molecule has 2 nitrogen and oxygen atoms in total. The van der Waals surface area contributed by atoms with Crippen molar-refractivity contribution in [3.63, 3.8) is 0 Å². The summed E-state index contributed by atoms with van der Waals surface area (Å²) in [4.78, 5) is 13.7. The Morgan fingerprint density at radius 3 is 2.67 bits per heavy atom. The van der Waals surface area contributed by atoms with E-state index in [9.17, 15) is 9.18 Å². The zero-order valence-corrected chi connectivity index (χ0v) is 10.8. The number of carbonyl (C=O) groups is 1. The Morgan fingerprint density at radius 2 is 2.00 bits per heavy atom. The van der Waals surface area contributed by atoms with Gasteiger partial charge >= 0.3 is 0 Å². The summed E-state index contributed by atoms with van der Waals surface area (Å²) in [7, 11) is 0. The zero-order valence-electron chi connectivity index (χ0n) is 10.0. The minimum absolute atomic E-state index is 0.00940. The molecule has 4 heteroatoms. The number of benzene rings is 1. The summed E-state index contributed by atoms with van der Waals surface area (Å²) in [5.74, 6) is -0.439. The number of amides is 1. The van der Waals surface area contributed by atoms with Crippen LogP contribution in [-0.4, -0.2) is 23.9 Å². The molecule has 0 spiro atoms. The first-order valence-electron chi connectivity index (χ1n) is 6.09. The predicted octanol–water partition coefficient (Wildman–Crippen LogP) is 3.50. The molecule has 1 aromatic rings. The second-order valence-electron chi connectivity index (χ2n) is 4.39. The van der Waals surface area contributed by atoms with Crippen LogP contribution in [0.2, 0.25) is 5.02 Å². The average Bonchev–Trinajstić information content (AvgIpc) is 2.41. The molecule has 1 heterocycles. The molecule has 1 aromatic carbocycles. The number of likely N-dealkylation sites (tertiary alicyclic amines) is 1. The van der Waals surface area contributed by atoms with Gasteiger partial charge in [0.2, 0.25) is 5.91 Å². The highest BCUT2D eigenvalue weighted by Crippen LogP contribution is 2.17. The standard InChI is InChI=1S/C14H15ClFNO/c15-12-10-11(4-6-13(12)16)5-7-14(18)17-8-2-1-3-9-17/h4-7,10H,1-3,8-9H2/b7-5+. The quantitative estimate of drug-likeness (QED) is 0.751. The van der Waals surface area contributed by atoms with Crippen LogP contribution in [0.5, 0.6) is 0 Å². The summed E-state index contributed by atoms with van der Waals surface area (Å²) < 4.78 is 13.0. The first-order chi connectivity index (χ1) is 8.66. The molecule has 1 fully saturated rings. The Bertz CT molecular complexity index is 467. The smallest absolute Gasteiger partial charge is 0.246 e. The number of rotatable bonds is 2. The van der Waals surface area contributed by atoms with Gasteiger partial charge in [0.1, 0.15) is 5.82 Å². The molecule has 1 aliphatic heterocycles. The maximum absolute atomic E-state index is 13.0. The van der Waals surface area contributed by atoms with Gasteiger partial charge in [-0.05, 0) is 43.0 Å². The van der Waals surface area contributed by atoms with Crippen LogP contribution in [0.3, 0.4) is 0 Å². The van der Waals surface area contributed by atoms with E-state index >= 15 is 0 Å². The predicted molar refractivity (Wildman–Crippen MR) is 70.9 cm³/mol. The van der Waals surface area contributed by atoms with Gasteiger partial charge in [-0.15, -0.1) is 0 Å². The van der Waals surface area contributed by atoms with Crippen molar-refractivity contribution in [3.05, 3.63) is 40.7 Å². The SMILES string of the molecule is O=C(/C=C/c1ccc(F)c(Cl)c1)N1CCCCC1. The molecule has 18 heavy (non-hydrogen) atoms. The van der Waals surface area contributed by atoms with Gasteiger partial charge in [0, 0.05) is 19.2 Å². The van der Waals surface area contributed by atoms with Crippen LogP contribution in [-0.2, 0) is 4.79 Å². The fourth-order valence-electron chi connectivity index (χ4n) is 2.00. The van der Waals surface area contributed by atoms with Gasteiger partial charge in [-0.25, -0.2) is 4.39 Å². The zero-order chi connectivity index (χ0) is 13.0. The molecular formula is C14H15ClFNO. The van der Waals surface area contributed by atoms with E-state index in [2.05, 4.69) is 0 Å². The minimum atomic E-state index is -0.448. The third kappa shape index (κ3) is 3.33. The largest absolute Gasteiger partial charge is 0.339 e. The lowest BCUT2D eigenvalue weighted by molar-refractivity contribution is -0.126. The summed E-state index contributed by atoms with van der Waals surface area (Å²) in [6, 6.07) is 4.41. The van der Waals surface area contributed by atoms with Crippen molar-refractivity contribution in [2.24, 2.45) is 0 Å². The van der Waals surface area contributed by atoms with Crippen molar-refractivity contribution in [2.45, 2.75) is 19.3 Å². The van der Waals surface area contributed by atoms with E-state index in [-0.39, 0.29) is 10.9 Å². The first-order valence-corrected chi connectivity index (χ1v) is 6.46. The Balaban J connectivity index is 2.01. The number of hydrogen-bond acceptors (Lipinski definition) is 1. The number of nitrogens with zero attached hydrogens (tertiary/aromatic N) is 1. The minimum Gasteiger partial charge on any atom is -0.339 e.